The molecule has 6 atom stereocenters. The third kappa shape index (κ3) is 3.81. The van der Waals surface area contributed by atoms with Crippen molar-refractivity contribution >= 4 is 61.1 Å². The molecule has 0 aromatic heterocycles. The zero-order valence-electron chi connectivity index (χ0n) is 18.1. The number of nitro benzene ring substituents is 1. The average molecular weight is 605 g/mol. The summed E-state index contributed by atoms with van der Waals surface area (Å²) in [6.07, 6.45) is 0.728. The van der Waals surface area contributed by atoms with Gasteiger partial charge in [0.1, 0.15) is 6.54 Å². The highest BCUT2D eigenvalue weighted by molar-refractivity contribution is 9.12. The Morgan fingerprint density at radius 3 is 1.97 bits per heavy atom. The summed E-state index contributed by atoms with van der Waals surface area (Å²) >= 11 is 7.28. The molecule has 3 amide bonds. The van der Waals surface area contributed by atoms with Crippen LogP contribution in [-0.4, -0.2) is 54.6 Å². The standard InChI is InChI=1S/C24H19Br2N3O6/c25-20-15-10-16(21(20)26)19-18(15)23(32)28(24(19)33)27(11-17(30)12-4-2-1-3-5-12)22(31)13-6-8-14(9-7-13)29(34)35/h1-9,15-16,18-21H,10-11H2/t15-,16-,18-,19-,20-,21+/m1/s1. The number of ketones is 1. The van der Waals surface area contributed by atoms with Gasteiger partial charge in [0.2, 0.25) is 0 Å². The first-order chi connectivity index (χ1) is 16.7. The maximum Gasteiger partial charge on any atom is 0.273 e. The molecule has 0 N–H and O–H groups in total. The fourth-order valence-electron chi connectivity index (χ4n) is 5.53. The molecule has 2 bridgehead atoms. The number of nitrogens with zero attached hydrogens (tertiary/aromatic N) is 3. The van der Waals surface area contributed by atoms with Gasteiger partial charge in [-0.25, -0.2) is 5.01 Å². The van der Waals surface area contributed by atoms with Gasteiger partial charge in [-0.2, -0.15) is 5.01 Å². The number of non-ortho nitro benzene ring substituents is 1. The number of nitro groups is 1. The van der Waals surface area contributed by atoms with E-state index < -0.39 is 46.8 Å². The molecular formula is C24H19Br2N3O6. The van der Waals surface area contributed by atoms with Gasteiger partial charge in [0, 0.05) is 32.9 Å². The SMILES string of the molecule is O=C(CN(C(=O)c1ccc([N+](=O)[O-])cc1)N1C(=O)[C@@H]2[C@H]3C[C@@H]([C@@H](Br)[C@H]3Br)[C@H]2C1=O)c1ccccc1. The molecule has 0 spiro atoms. The zero-order valence-corrected chi connectivity index (χ0v) is 21.3. The van der Waals surface area contributed by atoms with Gasteiger partial charge in [-0.1, -0.05) is 62.2 Å². The second-order valence-electron chi connectivity index (χ2n) is 8.95. The number of rotatable bonds is 6. The Balaban J connectivity index is 1.50. The fraction of sp³-hybridized carbons (Fsp3) is 0.333. The largest absolute Gasteiger partial charge is 0.292 e. The lowest BCUT2D eigenvalue weighted by molar-refractivity contribution is -0.384. The first-order valence-corrected chi connectivity index (χ1v) is 12.8. The molecule has 1 aliphatic heterocycles. The van der Waals surface area contributed by atoms with Crippen LogP contribution in [0.15, 0.2) is 54.6 Å². The van der Waals surface area contributed by atoms with E-state index in [9.17, 15) is 29.3 Å². The van der Waals surface area contributed by atoms with E-state index in [4.69, 9.17) is 0 Å². The topological polar surface area (TPSA) is 118 Å². The molecule has 9 nitrogen and oxygen atoms in total. The number of hydrazine groups is 1. The maximum atomic E-state index is 13.6. The number of Topliss-reactive ketones (excluding diaryl/α,β-unsaturated/α-hetero) is 1. The first-order valence-electron chi connectivity index (χ1n) is 11.0. The van der Waals surface area contributed by atoms with Crippen LogP contribution < -0.4 is 0 Å². The van der Waals surface area contributed by atoms with Gasteiger partial charge in [-0.15, -0.1) is 0 Å². The lowest BCUT2D eigenvalue weighted by atomic mass is 9.81. The minimum Gasteiger partial charge on any atom is -0.292 e. The minimum absolute atomic E-state index is 0.0221. The molecule has 0 radical (unpaired) electrons. The Morgan fingerprint density at radius 2 is 1.46 bits per heavy atom. The van der Waals surface area contributed by atoms with Crippen molar-refractivity contribution in [2.75, 3.05) is 6.54 Å². The summed E-state index contributed by atoms with van der Waals surface area (Å²) in [6.45, 7) is -0.526. The Labute approximate surface area is 216 Å². The highest BCUT2D eigenvalue weighted by Crippen LogP contribution is 2.60. The smallest absolute Gasteiger partial charge is 0.273 e. The number of fused-ring (bicyclic) bond motifs is 5. The summed E-state index contributed by atoms with van der Waals surface area (Å²) < 4.78 is 0. The van der Waals surface area contributed by atoms with Crippen LogP contribution in [0.4, 0.5) is 5.69 Å². The third-order valence-electron chi connectivity index (χ3n) is 7.15. The number of amides is 3. The Hall–Kier alpha value is -2.92. The molecule has 1 saturated heterocycles. The zero-order chi connectivity index (χ0) is 25.0. The lowest BCUT2D eigenvalue weighted by Crippen LogP contribution is -2.52. The van der Waals surface area contributed by atoms with Gasteiger partial charge >= 0.3 is 0 Å². The van der Waals surface area contributed by atoms with Crippen molar-refractivity contribution in [2.45, 2.75) is 16.1 Å². The van der Waals surface area contributed by atoms with E-state index in [1.54, 1.807) is 30.3 Å². The highest BCUT2D eigenvalue weighted by atomic mass is 79.9. The molecular weight excluding hydrogens is 586 g/mol. The van der Waals surface area contributed by atoms with Gasteiger partial charge in [-0.3, -0.25) is 29.3 Å². The van der Waals surface area contributed by atoms with Crippen LogP contribution in [-0.2, 0) is 9.59 Å². The molecule has 1 heterocycles. The number of imide groups is 1. The number of alkyl halides is 2. The predicted octanol–water partition coefficient (Wildman–Crippen LogP) is 3.61. The second-order valence-corrected chi connectivity index (χ2v) is 11.1. The van der Waals surface area contributed by atoms with Crippen molar-refractivity contribution in [2.24, 2.45) is 23.7 Å². The van der Waals surface area contributed by atoms with Crippen LogP contribution in [0.1, 0.15) is 27.1 Å². The number of carbonyl (C=O) groups excluding carboxylic acids is 4. The van der Waals surface area contributed by atoms with Gasteiger partial charge < -0.3 is 0 Å². The van der Waals surface area contributed by atoms with Crippen LogP contribution >= 0.6 is 31.9 Å². The Bertz CT molecular complexity index is 1210. The fourth-order valence-corrected chi connectivity index (χ4v) is 7.40. The van der Waals surface area contributed by atoms with Crippen molar-refractivity contribution < 1.29 is 24.1 Å². The Kier molecular flexibility index (Phi) is 6.08. The molecule has 2 saturated carbocycles. The van der Waals surface area contributed by atoms with E-state index in [-0.39, 0.29) is 32.7 Å². The molecule has 2 aromatic carbocycles. The summed E-state index contributed by atoms with van der Waals surface area (Å²) in [5, 5.41) is 12.7. The first kappa shape index (κ1) is 23.8. The van der Waals surface area contributed by atoms with Crippen molar-refractivity contribution in [3.05, 3.63) is 75.8 Å². The summed E-state index contributed by atoms with van der Waals surface area (Å²) in [7, 11) is 0. The number of benzene rings is 2. The van der Waals surface area contributed by atoms with Crippen molar-refractivity contribution in [3.63, 3.8) is 0 Å². The van der Waals surface area contributed by atoms with E-state index in [1.807, 2.05) is 0 Å². The second kappa shape index (κ2) is 8.94. The quantitative estimate of drug-likeness (QED) is 0.163. The molecule has 180 valence electrons. The molecule has 3 fully saturated rings. The van der Waals surface area contributed by atoms with E-state index in [1.165, 1.54) is 12.1 Å². The van der Waals surface area contributed by atoms with Gasteiger partial charge in [0.25, 0.3) is 23.4 Å². The number of hydrogen-bond acceptors (Lipinski definition) is 6. The monoisotopic (exact) mass is 603 g/mol. The van der Waals surface area contributed by atoms with Crippen LogP contribution in [0.25, 0.3) is 0 Å². The predicted molar refractivity (Wildman–Crippen MR) is 131 cm³/mol. The van der Waals surface area contributed by atoms with Crippen LogP contribution in [0.2, 0.25) is 0 Å². The number of halogens is 2. The average Bonchev–Trinajstić information content (AvgIpc) is 3.47. The van der Waals surface area contributed by atoms with E-state index in [0.717, 1.165) is 28.6 Å². The molecule has 35 heavy (non-hydrogen) atoms. The van der Waals surface area contributed by atoms with Crippen LogP contribution in [0.3, 0.4) is 0 Å². The molecule has 11 heteroatoms. The molecule has 3 aliphatic rings. The maximum absolute atomic E-state index is 13.6. The molecule has 2 aromatic rings. The molecule has 5 rings (SSSR count). The van der Waals surface area contributed by atoms with Crippen molar-refractivity contribution in [1.29, 1.82) is 0 Å². The summed E-state index contributed by atoms with van der Waals surface area (Å²) in [5.41, 5.74) is 0.142. The number of carbonyl (C=O) groups is 4. The van der Waals surface area contributed by atoms with Gasteiger partial charge in [0.05, 0.1) is 16.8 Å². The third-order valence-corrected chi connectivity index (χ3v) is 10.4. The summed E-state index contributed by atoms with van der Waals surface area (Å²) in [4.78, 5) is 64.1. The van der Waals surface area contributed by atoms with Crippen molar-refractivity contribution in [1.82, 2.24) is 10.0 Å². The number of hydrogen-bond donors (Lipinski definition) is 0. The Morgan fingerprint density at radius 1 is 0.914 bits per heavy atom. The van der Waals surface area contributed by atoms with Crippen molar-refractivity contribution in [3.8, 4) is 0 Å². The van der Waals surface area contributed by atoms with Crippen LogP contribution in [0.5, 0.6) is 0 Å². The van der Waals surface area contributed by atoms with Gasteiger partial charge in [-0.05, 0) is 30.4 Å². The minimum atomic E-state index is -0.760. The highest BCUT2D eigenvalue weighted by Gasteiger charge is 2.67. The lowest BCUT2D eigenvalue weighted by Gasteiger charge is -2.30. The molecule has 2 aliphatic carbocycles. The normalized spacial score (nSPS) is 28.8. The molecule has 0 unspecified atom stereocenters. The van der Waals surface area contributed by atoms with Crippen LogP contribution in [0, 0.1) is 33.8 Å². The summed E-state index contributed by atoms with van der Waals surface area (Å²) in [5.74, 6) is -3.44. The van der Waals surface area contributed by atoms with E-state index >= 15 is 0 Å². The van der Waals surface area contributed by atoms with Gasteiger partial charge in [0.15, 0.2) is 5.78 Å². The summed E-state index contributed by atoms with van der Waals surface area (Å²) in [6, 6.07) is 13.1. The van der Waals surface area contributed by atoms with E-state index in [0.29, 0.717) is 5.56 Å². The van der Waals surface area contributed by atoms with E-state index in [2.05, 4.69) is 31.9 Å².